The number of ether oxygens (including phenoxy) is 1. The average molecular weight is 239 g/mol. The lowest BCUT2D eigenvalue weighted by Crippen LogP contribution is -2.49. The SMILES string of the molecule is NC1(C(=O)CCCC2CCCO2)CCCCC1. The van der Waals surface area contributed by atoms with Gasteiger partial charge in [0.2, 0.25) is 0 Å². The Balaban J connectivity index is 1.68. The monoisotopic (exact) mass is 239 g/mol. The molecule has 3 heteroatoms. The van der Waals surface area contributed by atoms with Gasteiger partial charge in [0.15, 0.2) is 5.78 Å². The van der Waals surface area contributed by atoms with Crippen LogP contribution in [0.3, 0.4) is 0 Å². The van der Waals surface area contributed by atoms with E-state index in [-0.39, 0.29) is 5.78 Å². The highest BCUT2D eigenvalue weighted by molar-refractivity contribution is 5.88. The fourth-order valence-corrected chi connectivity index (χ4v) is 3.07. The van der Waals surface area contributed by atoms with Crippen molar-refractivity contribution in [3.63, 3.8) is 0 Å². The first-order valence-corrected chi connectivity index (χ1v) is 7.14. The van der Waals surface area contributed by atoms with Crippen LogP contribution in [0.4, 0.5) is 0 Å². The van der Waals surface area contributed by atoms with Gasteiger partial charge in [-0.1, -0.05) is 19.3 Å². The summed E-state index contributed by atoms with van der Waals surface area (Å²) < 4.78 is 5.56. The predicted molar refractivity (Wildman–Crippen MR) is 67.8 cm³/mol. The zero-order chi connectivity index (χ0) is 12.1. The minimum atomic E-state index is -0.491. The van der Waals surface area contributed by atoms with Crippen LogP contribution < -0.4 is 5.73 Å². The van der Waals surface area contributed by atoms with Crippen molar-refractivity contribution in [3.05, 3.63) is 0 Å². The Kier molecular flexibility index (Phi) is 4.57. The number of rotatable bonds is 5. The van der Waals surface area contributed by atoms with Crippen LogP contribution in [0.2, 0.25) is 0 Å². The molecule has 1 atom stereocenters. The van der Waals surface area contributed by atoms with E-state index >= 15 is 0 Å². The molecule has 0 radical (unpaired) electrons. The van der Waals surface area contributed by atoms with Crippen molar-refractivity contribution in [1.82, 2.24) is 0 Å². The van der Waals surface area contributed by atoms with Crippen molar-refractivity contribution < 1.29 is 9.53 Å². The zero-order valence-corrected chi connectivity index (χ0v) is 10.7. The van der Waals surface area contributed by atoms with Crippen molar-refractivity contribution >= 4 is 5.78 Å². The molecule has 1 saturated heterocycles. The molecule has 1 unspecified atom stereocenters. The number of nitrogens with two attached hydrogens (primary N) is 1. The molecule has 3 nitrogen and oxygen atoms in total. The first kappa shape index (κ1) is 13.0. The van der Waals surface area contributed by atoms with Crippen LogP contribution in [0.1, 0.15) is 64.2 Å². The number of ketones is 1. The van der Waals surface area contributed by atoms with Crippen LogP contribution in [0.25, 0.3) is 0 Å². The third-order valence-corrected chi connectivity index (χ3v) is 4.26. The number of hydrogen-bond acceptors (Lipinski definition) is 3. The maximum atomic E-state index is 12.1. The van der Waals surface area contributed by atoms with Gasteiger partial charge in [-0.05, 0) is 38.5 Å². The highest BCUT2D eigenvalue weighted by Gasteiger charge is 2.34. The Morgan fingerprint density at radius 2 is 2.00 bits per heavy atom. The van der Waals surface area contributed by atoms with Crippen molar-refractivity contribution in [2.45, 2.75) is 75.9 Å². The maximum Gasteiger partial charge on any atom is 0.152 e. The largest absolute Gasteiger partial charge is 0.378 e. The molecule has 1 aliphatic carbocycles. The Bertz CT molecular complexity index is 253. The van der Waals surface area contributed by atoms with Crippen LogP contribution in [0.5, 0.6) is 0 Å². The summed E-state index contributed by atoms with van der Waals surface area (Å²) in [5, 5.41) is 0. The smallest absolute Gasteiger partial charge is 0.152 e. The average Bonchev–Trinajstić information content (AvgIpc) is 2.83. The molecule has 0 aromatic heterocycles. The molecule has 1 saturated carbocycles. The summed E-state index contributed by atoms with van der Waals surface area (Å²) in [7, 11) is 0. The predicted octanol–water partition coefficient (Wildman–Crippen LogP) is 2.57. The first-order valence-electron chi connectivity index (χ1n) is 7.14. The Labute approximate surface area is 104 Å². The summed E-state index contributed by atoms with van der Waals surface area (Å²) in [5.74, 6) is 0.287. The van der Waals surface area contributed by atoms with E-state index in [2.05, 4.69) is 0 Å². The third-order valence-electron chi connectivity index (χ3n) is 4.26. The molecule has 1 heterocycles. The molecule has 0 spiro atoms. The highest BCUT2D eigenvalue weighted by Crippen LogP contribution is 2.28. The summed E-state index contributed by atoms with van der Waals surface area (Å²) in [6.07, 6.45) is 10.6. The second-order valence-electron chi connectivity index (χ2n) is 5.67. The van der Waals surface area contributed by atoms with E-state index in [1.807, 2.05) is 0 Å². The summed E-state index contributed by atoms with van der Waals surface area (Å²) in [4.78, 5) is 12.1. The molecule has 98 valence electrons. The third kappa shape index (κ3) is 3.52. The van der Waals surface area contributed by atoms with Gasteiger partial charge in [-0.3, -0.25) is 4.79 Å². The van der Waals surface area contributed by atoms with E-state index in [0.717, 1.165) is 45.1 Å². The molecule has 0 bridgehead atoms. The maximum absolute atomic E-state index is 12.1. The number of hydrogen-bond donors (Lipinski definition) is 1. The molecule has 17 heavy (non-hydrogen) atoms. The van der Waals surface area contributed by atoms with Gasteiger partial charge in [-0.25, -0.2) is 0 Å². The first-order chi connectivity index (χ1) is 8.21. The van der Waals surface area contributed by atoms with E-state index in [0.29, 0.717) is 12.5 Å². The van der Waals surface area contributed by atoms with Crippen LogP contribution in [0, 0.1) is 0 Å². The molecule has 0 aromatic rings. The lowest BCUT2D eigenvalue weighted by atomic mass is 9.78. The summed E-state index contributed by atoms with van der Waals surface area (Å²) in [5.41, 5.74) is 5.72. The van der Waals surface area contributed by atoms with Crippen molar-refractivity contribution in [2.75, 3.05) is 6.61 Å². The standard InChI is InChI=1S/C14H25NO2/c15-14(9-2-1-3-10-14)13(16)8-4-6-12-7-5-11-17-12/h12H,1-11,15H2. The minimum Gasteiger partial charge on any atom is -0.378 e. The van der Waals surface area contributed by atoms with Crippen molar-refractivity contribution in [2.24, 2.45) is 5.73 Å². The second kappa shape index (κ2) is 5.96. The van der Waals surface area contributed by atoms with E-state index in [4.69, 9.17) is 10.5 Å². The minimum absolute atomic E-state index is 0.287. The van der Waals surface area contributed by atoms with Gasteiger partial charge in [0.05, 0.1) is 11.6 Å². The lowest BCUT2D eigenvalue weighted by Gasteiger charge is -2.32. The quantitative estimate of drug-likeness (QED) is 0.802. The van der Waals surface area contributed by atoms with Gasteiger partial charge in [0, 0.05) is 13.0 Å². The second-order valence-corrected chi connectivity index (χ2v) is 5.67. The molecular formula is C14H25NO2. The summed E-state index contributed by atoms with van der Waals surface area (Å²) in [6, 6.07) is 0. The van der Waals surface area contributed by atoms with E-state index in [1.54, 1.807) is 0 Å². The van der Waals surface area contributed by atoms with Gasteiger partial charge >= 0.3 is 0 Å². The molecule has 2 fully saturated rings. The molecule has 2 rings (SSSR count). The molecule has 0 amide bonds. The van der Waals surface area contributed by atoms with Gasteiger partial charge in [-0.2, -0.15) is 0 Å². The number of carbonyl (C=O) groups is 1. The fraction of sp³-hybridized carbons (Fsp3) is 0.929. The molecular weight excluding hydrogens is 214 g/mol. The van der Waals surface area contributed by atoms with E-state index < -0.39 is 5.54 Å². The summed E-state index contributed by atoms with van der Waals surface area (Å²) in [6.45, 7) is 0.902. The Morgan fingerprint density at radius 3 is 2.65 bits per heavy atom. The van der Waals surface area contributed by atoms with Gasteiger partial charge in [-0.15, -0.1) is 0 Å². The summed E-state index contributed by atoms with van der Waals surface area (Å²) >= 11 is 0. The van der Waals surface area contributed by atoms with Crippen LogP contribution >= 0.6 is 0 Å². The van der Waals surface area contributed by atoms with Crippen LogP contribution in [-0.4, -0.2) is 24.0 Å². The molecule has 1 aliphatic heterocycles. The number of carbonyl (C=O) groups excluding carboxylic acids is 1. The number of Topliss-reactive ketones (excluding diaryl/α,β-unsaturated/α-hetero) is 1. The van der Waals surface area contributed by atoms with E-state index in [1.165, 1.54) is 19.3 Å². The van der Waals surface area contributed by atoms with Crippen molar-refractivity contribution in [3.8, 4) is 0 Å². The fourth-order valence-electron chi connectivity index (χ4n) is 3.07. The molecule has 0 aromatic carbocycles. The normalized spacial score (nSPS) is 28.2. The Morgan fingerprint density at radius 1 is 1.24 bits per heavy atom. The van der Waals surface area contributed by atoms with Crippen molar-refractivity contribution in [1.29, 1.82) is 0 Å². The zero-order valence-electron chi connectivity index (χ0n) is 10.7. The van der Waals surface area contributed by atoms with Gasteiger partial charge in [0.25, 0.3) is 0 Å². The van der Waals surface area contributed by atoms with Gasteiger partial charge < -0.3 is 10.5 Å². The lowest BCUT2D eigenvalue weighted by molar-refractivity contribution is -0.125. The Hall–Kier alpha value is -0.410. The van der Waals surface area contributed by atoms with Crippen LogP contribution in [-0.2, 0) is 9.53 Å². The molecule has 2 aliphatic rings. The molecule has 2 N–H and O–H groups in total. The van der Waals surface area contributed by atoms with E-state index in [9.17, 15) is 4.79 Å². The highest BCUT2D eigenvalue weighted by atomic mass is 16.5. The van der Waals surface area contributed by atoms with Gasteiger partial charge in [0.1, 0.15) is 0 Å². The topological polar surface area (TPSA) is 52.3 Å². The van der Waals surface area contributed by atoms with Crippen LogP contribution in [0.15, 0.2) is 0 Å².